The van der Waals surface area contributed by atoms with Crippen LogP contribution < -0.4 is 5.32 Å². The van der Waals surface area contributed by atoms with Gasteiger partial charge in [-0.1, -0.05) is 27.7 Å². The highest BCUT2D eigenvalue weighted by Gasteiger charge is 2.21. The van der Waals surface area contributed by atoms with Crippen LogP contribution in [0.25, 0.3) is 10.2 Å². The van der Waals surface area contributed by atoms with Crippen LogP contribution in [0.1, 0.15) is 16.9 Å². The van der Waals surface area contributed by atoms with Crippen molar-refractivity contribution in [1.29, 1.82) is 0 Å². The fourth-order valence-corrected chi connectivity index (χ4v) is 5.26. The number of fused-ring (bicyclic) bond motifs is 3. The second-order valence-corrected chi connectivity index (χ2v) is 8.52. The summed E-state index contributed by atoms with van der Waals surface area (Å²) in [4.78, 5) is 23.5. The van der Waals surface area contributed by atoms with E-state index in [0.29, 0.717) is 5.75 Å². The fourth-order valence-electron chi connectivity index (χ4n) is 2.87. The Bertz CT molecular complexity index is 908. The summed E-state index contributed by atoms with van der Waals surface area (Å²) in [5, 5.41) is 5.00. The third-order valence-electron chi connectivity index (χ3n) is 3.93. The number of carbonyl (C=O) groups is 1. The molecule has 0 fully saturated rings. The molecule has 4 rings (SSSR count). The molecule has 24 heavy (non-hydrogen) atoms. The van der Waals surface area contributed by atoms with Gasteiger partial charge in [-0.05, 0) is 49.1 Å². The minimum Gasteiger partial charge on any atom is -0.325 e. The molecule has 2 heterocycles. The second-order valence-electron chi connectivity index (χ2n) is 5.56. The molecule has 0 bridgehead atoms. The van der Waals surface area contributed by atoms with Crippen molar-refractivity contribution in [3.8, 4) is 0 Å². The zero-order chi connectivity index (χ0) is 16.5. The highest BCUT2D eigenvalue weighted by molar-refractivity contribution is 9.10. The molecule has 122 valence electrons. The normalized spacial score (nSPS) is 13.2. The number of hydrogen-bond donors (Lipinski definition) is 1. The maximum Gasteiger partial charge on any atom is 0.234 e. The molecule has 7 heteroatoms. The molecule has 1 aromatic carbocycles. The third-order valence-corrected chi connectivity index (χ3v) is 6.65. The number of carbonyl (C=O) groups excluding carboxylic acids is 1. The van der Waals surface area contributed by atoms with Crippen LogP contribution in [0.4, 0.5) is 5.69 Å². The van der Waals surface area contributed by atoms with Crippen LogP contribution in [-0.2, 0) is 17.6 Å². The molecule has 0 saturated heterocycles. The van der Waals surface area contributed by atoms with Crippen LogP contribution in [-0.4, -0.2) is 21.6 Å². The summed E-state index contributed by atoms with van der Waals surface area (Å²) in [6.45, 7) is 0. The Kier molecular flexibility index (Phi) is 4.56. The number of aromatic nitrogens is 2. The van der Waals surface area contributed by atoms with Gasteiger partial charge < -0.3 is 5.32 Å². The summed E-state index contributed by atoms with van der Waals surface area (Å²) in [7, 11) is 0. The summed E-state index contributed by atoms with van der Waals surface area (Å²) < 4.78 is 0.990. The van der Waals surface area contributed by atoms with Crippen LogP contribution >= 0.6 is 39.0 Å². The fraction of sp³-hybridized carbons (Fsp3) is 0.235. The smallest absolute Gasteiger partial charge is 0.234 e. The lowest BCUT2D eigenvalue weighted by Gasteiger charge is -2.06. The molecule has 1 amide bonds. The SMILES string of the molecule is O=C(CSc1ncnc2sc3c(c12)CCC3)Nc1ccc(Br)cc1. The number of thioether (sulfide) groups is 1. The number of nitrogens with zero attached hydrogens (tertiary/aromatic N) is 2. The largest absolute Gasteiger partial charge is 0.325 e. The number of rotatable bonds is 4. The van der Waals surface area contributed by atoms with Gasteiger partial charge in [-0.25, -0.2) is 9.97 Å². The van der Waals surface area contributed by atoms with Crippen molar-refractivity contribution in [3.63, 3.8) is 0 Å². The average molecular weight is 420 g/mol. The first kappa shape index (κ1) is 16.1. The monoisotopic (exact) mass is 419 g/mol. The molecule has 3 aromatic rings. The molecule has 0 unspecified atom stereocenters. The molecule has 0 atom stereocenters. The van der Waals surface area contributed by atoms with Gasteiger partial charge in [0.05, 0.1) is 5.75 Å². The molecule has 1 aliphatic carbocycles. The van der Waals surface area contributed by atoms with Crippen molar-refractivity contribution in [3.05, 3.63) is 45.5 Å². The van der Waals surface area contributed by atoms with E-state index < -0.39 is 0 Å². The minimum atomic E-state index is -0.0269. The van der Waals surface area contributed by atoms with Gasteiger partial charge in [0.15, 0.2) is 0 Å². The van der Waals surface area contributed by atoms with Gasteiger partial charge in [0, 0.05) is 20.4 Å². The number of nitrogens with one attached hydrogen (secondary N) is 1. The molecule has 0 aliphatic heterocycles. The van der Waals surface area contributed by atoms with Gasteiger partial charge in [0.25, 0.3) is 0 Å². The third kappa shape index (κ3) is 3.20. The average Bonchev–Trinajstić information content (AvgIpc) is 3.16. The molecule has 4 nitrogen and oxygen atoms in total. The minimum absolute atomic E-state index is 0.0269. The first-order valence-electron chi connectivity index (χ1n) is 7.64. The second kappa shape index (κ2) is 6.82. The Morgan fingerprint density at radius 2 is 2.08 bits per heavy atom. The van der Waals surface area contributed by atoms with E-state index in [0.717, 1.165) is 38.2 Å². The standard InChI is InChI=1S/C17H14BrN3OS2/c18-10-4-6-11(7-5-10)21-14(22)8-23-16-15-12-2-1-3-13(12)24-17(15)20-9-19-16/h4-7,9H,1-3,8H2,(H,21,22). The van der Waals surface area contributed by atoms with Gasteiger partial charge in [0.2, 0.25) is 5.91 Å². The quantitative estimate of drug-likeness (QED) is 0.492. The van der Waals surface area contributed by atoms with E-state index in [2.05, 4.69) is 31.2 Å². The van der Waals surface area contributed by atoms with E-state index in [1.165, 1.54) is 28.6 Å². The molecule has 1 aliphatic rings. The lowest BCUT2D eigenvalue weighted by molar-refractivity contribution is -0.113. The van der Waals surface area contributed by atoms with Crippen molar-refractivity contribution in [1.82, 2.24) is 9.97 Å². The molecule has 0 radical (unpaired) electrons. The van der Waals surface area contributed by atoms with Crippen molar-refractivity contribution in [2.75, 3.05) is 11.1 Å². The molecule has 0 spiro atoms. The Labute approximate surface area is 156 Å². The molecule has 2 aromatic heterocycles. The van der Waals surface area contributed by atoms with Gasteiger partial charge in [0.1, 0.15) is 16.2 Å². The predicted molar refractivity (Wildman–Crippen MR) is 103 cm³/mol. The highest BCUT2D eigenvalue weighted by Crippen LogP contribution is 2.39. The van der Waals surface area contributed by atoms with E-state index in [9.17, 15) is 4.79 Å². The Balaban J connectivity index is 1.48. The number of aryl methyl sites for hydroxylation is 2. The van der Waals surface area contributed by atoms with Crippen molar-refractivity contribution in [2.24, 2.45) is 0 Å². The maximum absolute atomic E-state index is 12.2. The van der Waals surface area contributed by atoms with Crippen LogP contribution in [0.15, 0.2) is 40.1 Å². The summed E-state index contributed by atoms with van der Waals surface area (Å²) in [6, 6.07) is 7.57. The molecule has 0 saturated carbocycles. The van der Waals surface area contributed by atoms with Crippen molar-refractivity contribution >= 4 is 60.8 Å². The number of benzene rings is 1. The molecular weight excluding hydrogens is 406 g/mol. The first-order chi connectivity index (χ1) is 11.7. The van der Waals surface area contributed by atoms with Crippen molar-refractivity contribution in [2.45, 2.75) is 24.3 Å². The molecule has 1 N–H and O–H groups in total. The first-order valence-corrected chi connectivity index (χ1v) is 10.2. The number of halogens is 1. The maximum atomic E-state index is 12.2. The van der Waals surface area contributed by atoms with Crippen molar-refractivity contribution < 1.29 is 4.79 Å². The summed E-state index contributed by atoms with van der Waals surface area (Å²) in [5.74, 6) is 0.313. The van der Waals surface area contributed by atoms with Crippen LogP contribution in [0.3, 0.4) is 0 Å². The lowest BCUT2D eigenvalue weighted by Crippen LogP contribution is -2.14. The predicted octanol–water partition coefficient (Wildman–Crippen LogP) is 4.67. The van der Waals surface area contributed by atoms with E-state index in [1.807, 2.05) is 24.3 Å². The zero-order valence-corrected chi connectivity index (χ0v) is 15.9. The van der Waals surface area contributed by atoms with Crippen LogP contribution in [0, 0.1) is 0 Å². The van der Waals surface area contributed by atoms with Gasteiger partial charge >= 0.3 is 0 Å². The Morgan fingerprint density at radius 3 is 2.92 bits per heavy atom. The van der Waals surface area contributed by atoms with E-state index in [4.69, 9.17) is 0 Å². The number of amides is 1. The lowest BCUT2D eigenvalue weighted by atomic mass is 10.2. The van der Waals surface area contributed by atoms with Crippen LogP contribution in [0.2, 0.25) is 0 Å². The van der Waals surface area contributed by atoms with E-state index in [1.54, 1.807) is 17.7 Å². The van der Waals surface area contributed by atoms with E-state index in [-0.39, 0.29) is 5.91 Å². The summed E-state index contributed by atoms with van der Waals surface area (Å²) in [6.07, 6.45) is 5.05. The summed E-state index contributed by atoms with van der Waals surface area (Å²) in [5.41, 5.74) is 2.19. The van der Waals surface area contributed by atoms with Gasteiger partial charge in [-0.2, -0.15) is 0 Å². The summed E-state index contributed by atoms with van der Waals surface area (Å²) >= 11 is 6.64. The Hall–Kier alpha value is -1.44. The number of hydrogen-bond acceptors (Lipinski definition) is 5. The number of anilines is 1. The topological polar surface area (TPSA) is 54.9 Å². The Morgan fingerprint density at radius 1 is 1.25 bits per heavy atom. The van der Waals surface area contributed by atoms with E-state index >= 15 is 0 Å². The van der Waals surface area contributed by atoms with Gasteiger partial charge in [-0.15, -0.1) is 11.3 Å². The van der Waals surface area contributed by atoms with Crippen LogP contribution in [0.5, 0.6) is 0 Å². The number of thiophene rings is 1. The molecular formula is C17H14BrN3OS2. The van der Waals surface area contributed by atoms with Gasteiger partial charge in [-0.3, -0.25) is 4.79 Å². The zero-order valence-electron chi connectivity index (χ0n) is 12.7. The highest BCUT2D eigenvalue weighted by atomic mass is 79.9.